The van der Waals surface area contributed by atoms with Crippen LogP contribution in [0.4, 0.5) is 5.69 Å². The first kappa shape index (κ1) is 21.4. The molecule has 3 aromatic carbocycles. The molecule has 0 atom stereocenters. The van der Waals surface area contributed by atoms with Gasteiger partial charge in [-0.25, -0.2) is 0 Å². The molecular weight excluding hydrogens is 402 g/mol. The van der Waals surface area contributed by atoms with Gasteiger partial charge in [0.1, 0.15) is 10.6 Å². The Morgan fingerprint density at radius 1 is 0.933 bits per heavy atom. The highest BCUT2D eigenvalue weighted by Gasteiger charge is 2.19. The Morgan fingerprint density at radius 3 is 2.27 bits per heavy atom. The van der Waals surface area contributed by atoms with Crippen molar-refractivity contribution in [2.75, 3.05) is 13.7 Å². The minimum atomic E-state index is -3.97. The van der Waals surface area contributed by atoms with Gasteiger partial charge in [0.05, 0.1) is 19.4 Å². The first-order chi connectivity index (χ1) is 14.4. The Labute approximate surface area is 176 Å². The van der Waals surface area contributed by atoms with E-state index in [0.29, 0.717) is 12.4 Å². The maximum atomic E-state index is 12.5. The normalized spacial score (nSPS) is 11.4. The van der Waals surface area contributed by atoms with Crippen molar-refractivity contribution in [3.63, 3.8) is 0 Å². The van der Waals surface area contributed by atoms with Crippen molar-refractivity contribution in [2.45, 2.75) is 18.7 Å². The standard InChI is InChI=1S/C23H23NO5S/c1-4-28-20-10-8-19(9-11-20)24-16-18-7-14-22(23(15-18)27-3)29-30(25,26)21-12-5-17(2)6-13-21/h5-16H,4H2,1-3H3. The van der Waals surface area contributed by atoms with Crippen LogP contribution in [0.25, 0.3) is 0 Å². The zero-order valence-corrected chi connectivity index (χ0v) is 17.8. The Morgan fingerprint density at radius 2 is 1.63 bits per heavy atom. The van der Waals surface area contributed by atoms with Gasteiger partial charge in [-0.05, 0) is 74.0 Å². The number of hydrogen-bond donors (Lipinski definition) is 0. The van der Waals surface area contributed by atoms with E-state index in [0.717, 1.165) is 22.6 Å². The fourth-order valence-corrected chi connectivity index (χ4v) is 3.59. The van der Waals surface area contributed by atoms with E-state index in [9.17, 15) is 8.42 Å². The van der Waals surface area contributed by atoms with E-state index in [2.05, 4.69) is 4.99 Å². The molecule has 0 aliphatic heterocycles. The summed E-state index contributed by atoms with van der Waals surface area (Å²) in [6, 6.07) is 18.8. The predicted molar refractivity (Wildman–Crippen MR) is 117 cm³/mol. The fourth-order valence-electron chi connectivity index (χ4n) is 2.65. The van der Waals surface area contributed by atoms with E-state index in [1.54, 1.807) is 36.5 Å². The summed E-state index contributed by atoms with van der Waals surface area (Å²) >= 11 is 0. The van der Waals surface area contributed by atoms with E-state index >= 15 is 0 Å². The van der Waals surface area contributed by atoms with Crippen LogP contribution in [0.5, 0.6) is 17.2 Å². The smallest absolute Gasteiger partial charge is 0.339 e. The summed E-state index contributed by atoms with van der Waals surface area (Å²) in [6.45, 7) is 4.42. The van der Waals surface area contributed by atoms with Gasteiger partial charge >= 0.3 is 10.1 Å². The molecule has 0 spiro atoms. The van der Waals surface area contributed by atoms with E-state index in [1.165, 1.54) is 19.2 Å². The lowest BCUT2D eigenvalue weighted by molar-refractivity contribution is 0.340. The zero-order valence-electron chi connectivity index (χ0n) is 17.0. The summed E-state index contributed by atoms with van der Waals surface area (Å²) in [5.41, 5.74) is 2.46. The van der Waals surface area contributed by atoms with Crippen LogP contribution in [0.3, 0.4) is 0 Å². The number of methoxy groups -OCH3 is 1. The second-order valence-electron chi connectivity index (χ2n) is 6.45. The van der Waals surface area contributed by atoms with Gasteiger partial charge in [-0.3, -0.25) is 4.99 Å². The lowest BCUT2D eigenvalue weighted by Gasteiger charge is -2.11. The molecule has 0 aromatic heterocycles. The highest BCUT2D eigenvalue weighted by atomic mass is 32.2. The number of ether oxygens (including phenoxy) is 2. The third-order valence-electron chi connectivity index (χ3n) is 4.21. The quantitative estimate of drug-likeness (QED) is 0.378. The number of aliphatic imine (C=N–C) groups is 1. The molecule has 3 rings (SSSR count). The molecule has 0 radical (unpaired) electrons. The minimum absolute atomic E-state index is 0.0799. The van der Waals surface area contributed by atoms with Crippen LogP contribution in [0.2, 0.25) is 0 Å². The highest BCUT2D eigenvalue weighted by molar-refractivity contribution is 7.87. The largest absolute Gasteiger partial charge is 0.494 e. The molecule has 7 heteroatoms. The Balaban J connectivity index is 1.78. The number of rotatable bonds is 8. The van der Waals surface area contributed by atoms with Gasteiger partial charge in [0.25, 0.3) is 0 Å². The maximum absolute atomic E-state index is 12.5. The molecule has 0 N–H and O–H groups in total. The molecule has 0 saturated heterocycles. The van der Waals surface area contributed by atoms with Crippen molar-refractivity contribution in [1.82, 2.24) is 0 Å². The maximum Gasteiger partial charge on any atom is 0.339 e. The van der Waals surface area contributed by atoms with E-state index < -0.39 is 10.1 Å². The lowest BCUT2D eigenvalue weighted by Crippen LogP contribution is -2.10. The molecule has 0 bridgehead atoms. The van der Waals surface area contributed by atoms with Crippen molar-refractivity contribution in [3.8, 4) is 17.2 Å². The molecule has 0 amide bonds. The fraction of sp³-hybridized carbons (Fsp3) is 0.174. The number of nitrogens with zero attached hydrogens (tertiary/aromatic N) is 1. The third-order valence-corrected chi connectivity index (χ3v) is 5.46. The number of benzene rings is 3. The van der Waals surface area contributed by atoms with Gasteiger partial charge in [0, 0.05) is 6.21 Å². The van der Waals surface area contributed by atoms with E-state index in [1.807, 2.05) is 38.1 Å². The van der Waals surface area contributed by atoms with Crippen LogP contribution in [-0.2, 0) is 10.1 Å². The highest BCUT2D eigenvalue weighted by Crippen LogP contribution is 2.30. The second kappa shape index (κ2) is 9.45. The van der Waals surface area contributed by atoms with Crippen LogP contribution in [0.1, 0.15) is 18.1 Å². The molecule has 0 saturated carbocycles. The topological polar surface area (TPSA) is 74.2 Å². The van der Waals surface area contributed by atoms with Gasteiger partial charge in [-0.1, -0.05) is 17.7 Å². The van der Waals surface area contributed by atoms with Crippen molar-refractivity contribution in [1.29, 1.82) is 0 Å². The van der Waals surface area contributed by atoms with Gasteiger partial charge < -0.3 is 13.7 Å². The molecule has 0 aliphatic rings. The van der Waals surface area contributed by atoms with Gasteiger partial charge in [0.2, 0.25) is 0 Å². The summed E-state index contributed by atoms with van der Waals surface area (Å²) in [5.74, 6) is 1.19. The summed E-state index contributed by atoms with van der Waals surface area (Å²) in [4.78, 5) is 4.50. The molecule has 156 valence electrons. The molecule has 0 aliphatic carbocycles. The Kier molecular flexibility index (Phi) is 6.74. The first-order valence-corrected chi connectivity index (χ1v) is 10.8. The van der Waals surface area contributed by atoms with E-state index in [-0.39, 0.29) is 10.6 Å². The number of hydrogen-bond acceptors (Lipinski definition) is 6. The molecular formula is C23H23NO5S. The average Bonchev–Trinajstić information content (AvgIpc) is 2.74. The summed E-state index contributed by atoms with van der Waals surface area (Å²) < 4.78 is 41.1. The average molecular weight is 426 g/mol. The Bertz CT molecular complexity index is 1120. The predicted octanol–water partition coefficient (Wildman–Crippen LogP) is 4.92. The third kappa shape index (κ3) is 5.39. The number of aryl methyl sites for hydroxylation is 1. The van der Waals surface area contributed by atoms with Crippen LogP contribution in [0, 0.1) is 6.92 Å². The summed E-state index contributed by atoms with van der Waals surface area (Å²) in [5, 5.41) is 0. The zero-order chi connectivity index (χ0) is 21.6. The van der Waals surface area contributed by atoms with Crippen LogP contribution in [0.15, 0.2) is 76.6 Å². The van der Waals surface area contributed by atoms with Crippen LogP contribution in [-0.4, -0.2) is 28.3 Å². The molecule has 0 unspecified atom stereocenters. The van der Waals surface area contributed by atoms with Crippen LogP contribution < -0.4 is 13.7 Å². The van der Waals surface area contributed by atoms with Gasteiger partial charge in [-0.15, -0.1) is 0 Å². The van der Waals surface area contributed by atoms with Crippen molar-refractivity contribution >= 4 is 22.0 Å². The van der Waals surface area contributed by atoms with Gasteiger partial charge in [-0.2, -0.15) is 8.42 Å². The van der Waals surface area contributed by atoms with Crippen molar-refractivity contribution in [3.05, 3.63) is 77.9 Å². The van der Waals surface area contributed by atoms with Crippen molar-refractivity contribution < 1.29 is 22.1 Å². The lowest BCUT2D eigenvalue weighted by atomic mass is 10.2. The summed E-state index contributed by atoms with van der Waals surface area (Å²) in [6.07, 6.45) is 1.66. The molecule has 6 nitrogen and oxygen atoms in total. The van der Waals surface area contributed by atoms with Crippen LogP contribution >= 0.6 is 0 Å². The molecule has 3 aromatic rings. The Hall–Kier alpha value is -3.32. The van der Waals surface area contributed by atoms with Crippen molar-refractivity contribution in [2.24, 2.45) is 4.99 Å². The van der Waals surface area contributed by atoms with E-state index in [4.69, 9.17) is 13.7 Å². The second-order valence-corrected chi connectivity index (χ2v) is 7.99. The monoisotopic (exact) mass is 425 g/mol. The first-order valence-electron chi connectivity index (χ1n) is 9.37. The molecule has 30 heavy (non-hydrogen) atoms. The SMILES string of the molecule is CCOc1ccc(N=Cc2ccc(OS(=O)(=O)c3ccc(C)cc3)c(OC)c2)cc1. The molecule has 0 fully saturated rings. The summed E-state index contributed by atoms with van der Waals surface area (Å²) in [7, 11) is -2.51. The minimum Gasteiger partial charge on any atom is -0.494 e. The van der Waals surface area contributed by atoms with Gasteiger partial charge in [0.15, 0.2) is 11.5 Å². The molecule has 0 heterocycles.